The van der Waals surface area contributed by atoms with E-state index < -0.39 is 0 Å². The first-order valence-corrected chi connectivity index (χ1v) is 9.24. The maximum Gasteiger partial charge on any atom is 0.315 e. The van der Waals surface area contributed by atoms with Crippen molar-refractivity contribution in [2.45, 2.75) is 25.8 Å². The van der Waals surface area contributed by atoms with Crippen LogP contribution in [0.1, 0.15) is 17.5 Å². The van der Waals surface area contributed by atoms with Crippen molar-refractivity contribution < 1.29 is 9.90 Å². The molecule has 0 fully saturated rings. The molecule has 1 heterocycles. The zero-order chi connectivity index (χ0) is 16.7. The fraction of sp³-hybridized carbons (Fsp3) is 0.471. The summed E-state index contributed by atoms with van der Waals surface area (Å²) >= 11 is 1.66. The molecule has 0 saturated heterocycles. The number of H-pyrrole nitrogens is 1. The molecule has 4 N–H and O–H groups in total. The number of urea groups is 1. The average Bonchev–Trinajstić information content (AvgIpc) is 2.92. The van der Waals surface area contributed by atoms with Crippen LogP contribution < -0.4 is 10.6 Å². The second-order valence-electron chi connectivity index (χ2n) is 5.63. The number of thioether (sulfide) groups is 1. The van der Waals surface area contributed by atoms with Crippen molar-refractivity contribution >= 4 is 28.7 Å². The molecule has 1 atom stereocenters. The van der Waals surface area contributed by atoms with Gasteiger partial charge in [-0.25, -0.2) is 4.79 Å². The van der Waals surface area contributed by atoms with Gasteiger partial charge >= 0.3 is 6.03 Å². The Bertz CT molecular complexity index is 636. The first-order valence-electron chi connectivity index (χ1n) is 7.85. The lowest BCUT2D eigenvalue weighted by Gasteiger charge is -2.17. The van der Waals surface area contributed by atoms with Crippen LogP contribution in [-0.4, -0.2) is 47.3 Å². The smallest absolute Gasteiger partial charge is 0.315 e. The minimum atomic E-state index is -0.173. The SMILES string of the molecule is CSCC(CCO)NC(=O)NCCc1c[nH]c2c(C)cccc12. The van der Waals surface area contributed by atoms with E-state index in [2.05, 4.69) is 40.7 Å². The molecule has 0 saturated carbocycles. The molecule has 1 aromatic carbocycles. The normalized spacial score (nSPS) is 12.3. The number of para-hydroxylation sites is 1. The van der Waals surface area contributed by atoms with Crippen molar-refractivity contribution in [2.75, 3.05) is 25.2 Å². The highest BCUT2D eigenvalue weighted by atomic mass is 32.2. The molecule has 1 aromatic heterocycles. The van der Waals surface area contributed by atoms with Crippen molar-refractivity contribution in [3.8, 4) is 0 Å². The number of aliphatic hydroxyl groups excluding tert-OH is 1. The molecular formula is C17H25N3O2S. The van der Waals surface area contributed by atoms with E-state index >= 15 is 0 Å². The van der Waals surface area contributed by atoms with Crippen LogP contribution >= 0.6 is 11.8 Å². The van der Waals surface area contributed by atoms with Crippen LogP contribution in [-0.2, 0) is 6.42 Å². The van der Waals surface area contributed by atoms with Crippen LogP contribution in [0.25, 0.3) is 10.9 Å². The summed E-state index contributed by atoms with van der Waals surface area (Å²) in [6, 6.07) is 6.07. The minimum absolute atomic E-state index is 0.00531. The van der Waals surface area contributed by atoms with Gasteiger partial charge in [-0.15, -0.1) is 0 Å². The summed E-state index contributed by atoms with van der Waals surface area (Å²) in [6.07, 6.45) is 5.36. The monoisotopic (exact) mass is 335 g/mol. The highest BCUT2D eigenvalue weighted by Crippen LogP contribution is 2.21. The molecule has 2 aromatic rings. The second kappa shape index (κ2) is 8.84. The third-order valence-corrected chi connectivity index (χ3v) is 4.61. The fourth-order valence-electron chi connectivity index (χ4n) is 2.67. The standard InChI is InChI=1S/C17H25N3O2S/c1-12-4-3-5-15-13(10-19-16(12)15)6-8-18-17(22)20-14(7-9-21)11-23-2/h3-5,10,14,19,21H,6-9,11H2,1-2H3,(H2,18,20,22). The molecule has 126 valence electrons. The Morgan fingerprint density at radius 2 is 2.26 bits per heavy atom. The summed E-state index contributed by atoms with van der Waals surface area (Å²) in [5, 5.41) is 16.0. The van der Waals surface area contributed by atoms with Crippen molar-refractivity contribution in [1.29, 1.82) is 0 Å². The lowest BCUT2D eigenvalue weighted by Crippen LogP contribution is -2.44. The number of hydrogen-bond acceptors (Lipinski definition) is 3. The molecule has 0 aliphatic carbocycles. The van der Waals surface area contributed by atoms with E-state index in [9.17, 15) is 4.79 Å². The van der Waals surface area contributed by atoms with Crippen molar-refractivity contribution in [3.63, 3.8) is 0 Å². The van der Waals surface area contributed by atoms with Crippen LogP contribution in [0.15, 0.2) is 24.4 Å². The van der Waals surface area contributed by atoms with E-state index in [1.165, 1.54) is 16.5 Å². The van der Waals surface area contributed by atoms with Crippen LogP contribution in [0.4, 0.5) is 4.79 Å². The zero-order valence-corrected chi connectivity index (χ0v) is 14.5. The third-order valence-electron chi connectivity index (χ3n) is 3.87. The van der Waals surface area contributed by atoms with Crippen LogP contribution in [0.3, 0.4) is 0 Å². The van der Waals surface area contributed by atoms with Gasteiger partial charge in [-0.05, 0) is 37.1 Å². The van der Waals surface area contributed by atoms with Gasteiger partial charge in [0.2, 0.25) is 0 Å². The maximum atomic E-state index is 11.9. The highest BCUT2D eigenvalue weighted by Gasteiger charge is 2.11. The molecule has 0 bridgehead atoms. The molecule has 6 heteroatoms. The van der Waals surface area contributed by atoms with Crippen molar-refractivity contribution in [2.24, 2.45) is 0 Å². The van der Waals surface area contributed by atoms with Gasteiger partial charge < -0.3 is 20.7 Å². The van der Waals surface area contributed by atoms with Gasteiger partial charge in [-0.2, -0.15) is 11.8 Å². The van der Waals surface area contributed by atoms with E-state index in [0.717, 1.165) is 17.7 Å². The number of hydrogen-bond donors (Lipinski definition) is 4. The molecule has 1 unspecified atom stereocenters. The Morgan fingerprint density at radius 1 is 1.43 bits per heavy atom. The Morgan fingerprint density at radius 3 is 3.00 bits per heavy atom. The number of nitrogens with one attached hydrogen (secondary N) is 3. The van der Waals surface area contributed by atoms with Gasteiger partial charge in [0.1, 0.15) is 0 Å². The summed E-state index contributed by atoms with van der Waals surface area (Å²) in [4.78, 5) is 15.2. The Balaban J connectivity index is 1.84. The van der Waals surface area contributed by atoms with E-state index in [1.54, 1.807) is 11.8 Å². The summed E-state index contributed by atoms with van der Waals surface area (Å²) in [5.41, 5.74) is 3.60. The maximum absolute atomic E-state index is 11.9. The number of carbonyl (C=O) groups is 1. The van der Waals surface area contributed by atoms with E-state index in [0.29, 0.717) is 13.0 Å². The number of rotatable bonds is 8. The predicted octanol–water partition coefficient (Wildman–Crippen LogP) is 2.43. The quantitative estimate of drug-likeness (QED) is 0.598. The molecule has 23 heavy (non-hydrogen) atoms. The predicted molar refractivity (Wildman–Crippen MR) is 97.1 cm³/mol. The van der Waals surface area contributed by atoms with Crippen LogP contribution in [0, 0.1) is 6.92 Å². The lowest BCUT2D eigenvalue weighted by molar-refractivity contribution is 0.231. The van der Waals surface area contributed by atoms with Gasteiger partial charge in [-0.1, -0.05) is 18.2 Å². The summed E-state index contributed by atoms with van der Waals surface area (Å²) in [7, 11) is 0. The lowest BCUT2D eigenvalue weighted by atomic mass is 10.1. The highest BCUT2D eigenvalue weighted by molar-refractivity contribution is 7.98. The average molecular weight is 335 g/mol. The number of amides is 2. The van der Waals surface area contributed by atoms with Crippen LogP contribution in [0.2, 0.25) is 0 Å². The molecule has 2 amide bonds. The number of carbonyl (C=O) groups excluding carboxylic acids is 1. The van der Waals surface area contributed by atoms with Gasteiger partial charge in [0.25, 0.3) is 0 Å². The van der Waals surface area contributed by atoms with Gasteiger partial charge in [0, 0.05) is 42.0 Å². The molecule has 0 radical (unpaired) electrons. The zero-order valence-electron chi connectivity index (χ0n) is 13.7. The molecule has 2 rings (SSSR count). The number of aryl methyl sites for hydroxylation is 1. The van der Waals surface area contributed by atoms with E-state index in [4.69, 9.17) is 5.11 Å². The summed E-state index contributed by atoms with van der Waals surface area (Å²) in [5.74, 6) is 0.801. The first kappa shape index (κ1) is 17.7. The number of aromatic amines is 1. The van der Waals surface area contributed by atoms with Gasteiger partial charge in [-0.3, -0.25) is 0 Å². The number of aliphatic hydroxyl groups is 1. The second-order valence-corrected chi connectivity index (χ2v) is 6.54. The van der Waals surface area contributed by atoms with E-state index in [1.807, 2.05) is 12.5 Å². The first-order chi connectivity index (χ1) is 11.2. The summed E-state index contributed by atoms with van der Waals surface area (Å²) in [6.45, 7) is 2.75. The Kier molecular flexibility index (Phi) is 6.80. The number of fused-ring (bicyclic) bond motifs is 1. The Hall–Kier alpha value is -1.66. The number of aromatic nitrogens is 1. The Labute approximate surface area is 141 Å². The molecule has 0 aliphatic rings. The van der Waals surface area contributed by atoms with E-state index in [-0.39, 0.29) is 18.7 Å². The third kappa shape index (κ3) is 4.91. The summed E-state index contributed by atoms with van der Waals surface area (Å²) < 4.78 is 0. The number of benzene rings is 1. The molecule has 0 aliphatic heterocycles. The largest absolute Gasteiger partial charge is 0.396 e. The molecule has 5 nitrogen and oxygen atoms in total. The van der Waals surface area contributed by atoms with Crippen LogP contribution in [0.5, 0.6) is 0 Å². The van der Waals surface area contributed by atoms with Gasteiger partial charge in [0.15, 0.2) is 0 Å². The van der Waals surface area contributed by atoms with Crippen molar-refractivity contribution in [3.05, 3.63) is 35.5 Å². The topological polar surface area (TPSA) is 77.2 Å². The molecular weight excluding hydrogens is 310 g/mol. The minimum Gasteiger partial charge on any atom is -0.396 e. The fourth-order valence-corrected chi connectivity index (χ4v) is 3.32. The van der Waals surface area contributed by atoms with Crippen molar-refractivity contribution in [1.82, 2.24) is 15.6 Å². The molecule has 0 spiro atoms. The van der Waals surface area contributed by atoms with Gasteiger partial charge in [0.05, 0.1) is 0 Å².